The molecule has 29 heavy (non-hydrogen) atoms. The van der Waals surface area contributed by atoms with Crippen molar-refractivity contribution in [2.75, 3.05) is 26.2 Å². The summed E-state index contributed by atoms with van der Waals surface area (Å²) in [5.74, 6) is -0.925. The molecule has 1 saturated heterocycles. The van der Waals surface area contributed by atoms with Crippen LogP contribution in [0.3, 0.4) is 0 Å². The molecule has 1 aliphatic heterocycles. The number of alkyl halides is 3. The molecule has 4 nitrogen and oxygen atoms in total. The molecule has 154 valence electrons. The summed E-state index contributed by atoms with van der Waals surface area (Å²) >= 11 is 0. The topological polar surface area (TPSA) is 40.6 Å². The highest BCUT2D eigenvalue weighted by molar-refractivity contribution is 5.96. The lowest BCUT2D eigenvalue weighted by atomic mass is 9.94. The minimum atomic E-state index is -4.59. The van der Waals surface area contributed by atoms with Gasteiger partial charge in [-0.25, -0.2) is 0 Å². The van der Waals surface area contributed by atoms with Crippen molar-refractivity contribution in [2.45, 2.75) is 25.4 Å². The molecule has 0 saturated carbocycles. The number of carbonyl (C=O) groups is 2. The Hall–Kier alpha value is -2.83. The van der Waals surface area contributed by atoms with Crippen molar-refractivity contribution >= 4 is 11.8 Å². The van der Waals surface area contributed by atoms with Crippen LogP contribution < -0.4 is 0 Å². The van der Waals surface area contributed by atoms with Crippen LogP contribution in [0.25, 0.3) is 0 Å². The zero-order valence-corrected chi connectivity index (χ0v) is 16.2. The molecule has 0 aromatic heterocycles. The maximum Gasteiger partial charge on any atom is 0.417 e. The lowest BCUT2D eigenvalue weighted by Gasteiger charge is -2.36. The third-order valence-electron chi connectivity index (χ3n) is 5.25. The second-order valence-electron chi connectivity index (χ2n) is 7.03. The van der Waals surface area contributed by atoms with Crippen molar-refractivity contribution in [1.82, 2.24) is 9.80 Å². The summed E-state index contributed by atoms with van der Waals surface area (Å²) in [6, 6.07) is 14.3. The molecule has 2 aromatic rings. The zero-order chi connectivity index (χ0) is 21.0. The van der Waals surface area contributed by atoms with Gasteiger partial charge in [0.15, 0.2) is 0 Å². The Bertz CT molecular complexity index is 860. The average molecular weight is 404 g/mol. The van der Waals surface area contributed by atoms with Crippen LogP contribution in [0.15, 0.2) is 54.6 Å². The number of amides is 2. The molecule has 7 heteroatoms. The van der Waals surface area contributed by atoms with Crippen LogP contribution in [-0.4, -0.2) is 47.8 Å². The summed E-state index contributed by atoms with van der Waals surface area (Å²) in [6.07, 6.45) is -3.94. The van der Waals surface area contributed by atoms with E-state index in [-0.39, 0.29) is 30.5 Å². The van der Waals surface area contributed by atoms with Crippen LogP contribution in [0, 0.1) is 0 Å². The Morgan fingerprint density at radius 3 is 2.03 bits per heavy atom. The van der Waals surface area contributed by atoms with Gasteiger partial charge in [0.25, 0.3) is 5.91 Å². The normalized spacial score (nSPS) is 15.9. The van der Waals surface area contributed by atoms with Crippen molar-refractivity contribution in [3.63, 3.8) is 0 Å². The molecular formula is C22H23F3N2O2. The Balaban J connectivity index is 1.68. The highest BCUT2D eigenvalue weighted by Gasteiger charge is 2.37. The van der Waals surface area contributed by atoms with Crippen LogP contribution in [0.5, 0.6) is 0 Å². The number of halogens is 3. The van der Waals surface area contributed by atoms with Gasteiger partial charge >= 0.3 is 6.18 Å². The van der Waals surface area contributed by atoms with Crippen molar-refractivity contribution in [3.05, 3.63) is 71.3 Å². The third kappa shape index (κ3) is 4.60. The van der Waals surface area contributed by atoms with Crippen molar-refractivity contribution in [2.24, 2.45) is 0 Å². The Morgan fingerprint density at radius 1 is 0.897 bits per heavy atom. The van der Waals surface area contributed by atoms with Gasteiger partial charge in [-0.15, -0.1) is 0 Å². The quantitative estimate of drug-likeness (QED) is 0.767. The second-order valence-corrected chi connectivity index (χ2v) is 7.03. The van der Waals surface area contributed by atoms with Crippen LogP contribution >= 0.6 is 0 Å². The van der Waals surface area contributed by atoms with Crippen molar-refractivity contribution in [1.29, 1.82) is 0 Å². The van der Waals surface area contributed by atoms with Gasteiger partial charge in [0.05, 0.1) is 17.0 Å². The zero-order valence-electron chi connectivity index (χ0n) is 16.2. The minimum absolute atomic E-state index is 0.0125. The fourth-order valence-corrected chi connectivity index (χ4v) is 3.68. The standard InChI is InChI=1S/C22H23F3N2O2/c1-2-17(16-8-4-3-5-9-16)20(28)26-12-14-27(15-13-26)21(29)18-10-6-7-11-19(18)22(23,24)25/h3-11,17H,2,12-15H2,1H3. The first kappa shape index (κ1) is 20.9. The molecule has 0 aliphatic carbocycles. The fraction of sp³-hybridized carbons (Fsp3) is 0.364. The van der Waals surface area contributed by atoms with E-state index in [0.717, 1.165) is 11.6 Å². The van der Waals surface area contributed by atoms with Crippen LogP contribution in [0.2, 0.25) is 0 Å². The van der Waals surface area contributed by atoms with E-state index in [4.69, 9.17) is 0 Å². The molecule has 3 rings (SSSR count). The van der Waals surface area contributed by atoms with Gasteiger partial charge in [-0.05, 0) is 24.1 Å². The predicted molar refractivity (Wildman–Crippen MR) is 103 cm³/mol. The van der Waals surface area contributed by atoms with Crippen LogP contribution in [0.1, 0.15) is 40.7 Å². The number of hydrogen-bond acceptors (Lipinski definition) is 2. The Labute approximate surface area is 167 Å². The maximum atomic E-state index is 13.2. The summed E-state index contributed by atoms with van der Waals surface area (Å²) < 4.78 is 39.6. The second kappa shape index (κ2) is 8.68. The van der Waals surface area contributed by atoms with E-state index >= 15 is 0 Å². The summed E-state index contributed by atoms with van der Waals surface area (Å²) in [7, 11) is 0. The van der Waals surface area contributed by atoms with Gasteiger partial charge in [0.2, 0.25) is 5.91 Å². The molecule has 2 amide bonds. The molecule has 0 spiro atoms. The van der Waals surface area contributed by atoms with Gasteiger partial charge in [0.1, 0.15) is 0 Å². The molecule has 0 N–H and O–H groups in total. The van der Waals surface area contributed by atoms with Crippen LogP contribution in [0.4, 0.5) is 13.2 Å². The first-order chi connectivity index (χ1) is 13.8. The average Bonchev–Trinajstić information content (AvgIpc) is 2.74. The molecule has 1 unspecified atom stereocenters. The first-order valence-electron chi connectivity index (χ1n) is 9.62. The van der Waals surface area contributed by atoms with Crippen LogP contribution in [-0.2, 0) is 11.0 Å². The highest BCUT2D eigenvalue weighted by atomic mass is 19.4. The summed E-state index contributed by atoms with van der Waals surface area (Å²) in [5, 5.41) is 0. The Kier molecular flexibility index (Phi) is 6.25. The lowest BCUT2D eigenvalue weighted by Crippen LogP contribution is -2.51. The molecule has 1 heterocycles. The third-order valence-corrected chi connectivity index (χ3v) is 5.25. The first-order valence-corrected chi connectivity index (χ1v) is 9.62. The van der Waals surface area contributed by atoms with Gasteiger partial charge in [-0.1, -0.05) is 49.4 Å². The molecule has 0 bridgehead atoms. The number of benzene rings is 2. The van der Waals surface area contributed by atoms with E-state index in [2.05, 4.69) is 0 Å². The lowest BCUT2D eigenvalue weighted by molar-refractivity contribution is -0.138. The van der Waals surface area contributed by atoms with Crippen molar-refractivity contribution in [3.8, 4) is 0 Å². The van der Waals surface area contributed by atoms with Gasteiger partial charge in [-0.2, -0.15) is 13.2 Å². The highest BCUT2D eigenvalue weighted by Crippen LogP contribution is 2.32. The fourth-order valence-electron chi connectivity index (χ4n) is 3.68. The molecule has 1 fully saturated rings. The predicted octanol–water partition coefficient (Wildman–Crippen LogP) is 4.18. The molecule has 1 aliphatic rings. The molecular weight excluding hydrogens is 381 g/mol. The van der Waals surface area contributed by atoms with Gasteiger partial charge < -0.3 is 9.80 Å². The van der Waals surface area contributed by atoms with Gasteiger partial charge in [0, 0.05) is 26.2 Å². The minimum Gasteiger partial charge on any atom is -0.339 e. The van der Waals surface area contributed by atoms with E-state index < -0.39 is 17.6 Å². The van der Waals surface area contributed by atoms with Crippen molar-refractivity contribution < 1.29 is 22.8 Å². The summed E-state index contributed by atoms with van der Waals surface area (Å²) in [5.41, 5.74) is -0.341. The number of nitrogens with zero attached hydrogens (tertiary/aromatic N) is 2. The van der Waals surface area contributed by atoms with E-state index in [1.165, 1.54) is 23.1 Å². The SMILES string of the molecule is CCC(C(=O)N1CCN(C(=O)c2ccccc2C(F)(F)F)CC1)c1ccccc1. The number of piperazine rings is 1. The number of carbonyl (C=O) groups excluding carboxylic acids is 2. The van der Waals surface area contributed by atoms with E-state index in [9.17, 15) is 22.8 Å². The van der Waals surface area contributed by atoms with E-state index in [1.54, 1.807) is 4.90 Å². The number of hydrogen-bond donors (Lipinski definition) is 0. The largest absolute Gasteiger partial charge is 0.417 e. The molecule has 0 radical (unpaired) electrons. The van der Waals surface area contributed by atoms with Gasteiger partial charge in [-0.3, -0.25) is 9.59 Å². The molecule has 1 atom stereocenters. The van der Waals surface area contributed by atoms with E-state index in [1.807, 2.05) is 37.3 Å². The number of rotatable bonds is 4. The maximum absolute atomic E-state index is 13.2. The summed E-state index contributed by atoms with van der Waals surface area (Å²) in [4.78, 5) is 28.7. The molecule has 2 aromatic carbocycles. The van der Waals surface area contributed by atoms with E-state index in [0.29, 0.717) is 19.5 Å². The summed E-state index contributed by atoms with van der Waals surface area (Å²) in [6.45, 7) is 2.98. The smallest absolute Gasteiger partial charge is 0.339 e. The Morgan fingerprint density at radius 2 is 1.45 bits per heavy atom. The monoisotopic (exact) mass is 404 g/mol.